The average Bonchev–Trinajstić information content (AvgIpc) is 3.00. The Labute approximate surface area is 148 Å². The van der Waals surface area contributed by atoms with Crippen molar-refractivity contribution in [2.45, 2.75) is 12.6 Å². The van der Waals surface area contributed by atoms with E-state index in [9.17, 15) is 27.6 Å². The molecule has 0 aliphatic rings. The lowest BCUT2D eigenvalue weighted by molar-refractivity contribution is -0.167. The van der Waals surface area contributed by atoms with Crippen molar-refractivity contribution in [3.8, 4) is 0 Å². The minimum Gasteiger partial charge on any atom is -0.318 e. The van der Waals surface area contributed by atoms with Gasteiger partial charge in [0.2, 0.25) is 5.91 Å². The van der Waals surface area contributed by atoms with Gasteiger partial charge in [0.05, 0.1) is 12.1 Å². The van der Waals surface area contributed by atoms with Crippen LogP contribution in [0.4, 0.5) is 24.0 Å². The van der Waals surface area contributed by atoms with Crippen LogP contribution in [0.2, 0.25) is 5.02 Å². The predicted molar refractivity (Wildman–Crippen MR) is 85.8 cm³/mol. The Balaban J connectivity index is 2.16. The van der Waals surface area contributed by atoms with E-state index in [4.69, 9.17) is 11.6 Å². The second-order valence-corrected chi connectivity index (χ2v) is 5.96. The second kappa shape index (κ2) is 7.62. The summed E-state index contributed by atoms with van der Waals surface area (Å²) in [6.07, 6.45) is -4.33. The smallest absolute Gasteiger partial charge is 0.318 e. The Hall–Kier alpha value is -2.46. The number of hydrogen-bond donors (Lipinski definition) is 2. The molecule has 2 amide bonds. The number of hydrogen-bond acceptors (Lipinski definition) is 5. The van der Waals surface area contributed by atoms with Crippen molar-refractivity contribution >= 4 is 51.4 Å². The number of thiazole rings is 1. The molecule has 2 N–H and O–H groups in total. The lowest BCUT2D eigenvalue weighted by Crippen LogP contribution is -2.30. The number of nitrogens with one attached hydrogen (secondary N) is 2. The van der Waals surface area contributed by atoms with Crippen molar-refractivity contribution in [3.63, 3.8) is 0 Å². The number of alkyl halides is 3. The first kappa shape index (κ1) is 18.9. The van der Waals surface area contributed by atoms with Gasteiger partial charge in [-0.1, -0.05) is 11.6 Å². The van der Waals surface area contributed by atoms with Crippen LogP contribution in [0.5, 0.6) is 0 Å². The minimum absolute atomic E-state index is 0.0636. The van der Waals surface area contributed by atoms with Crippen LogP contribution >= 0.6 is 22.9 Å². The van der Waals surface area contributed by atoms with Gasteiger partial charge in [0.25, 0.3) is 0 Å². The number of anilines is 2. The molecule has 0 bridgehead atoms. The van der Waals surface area contributed by atoms with E-state index >= 15 is 0 Å². The Morgan fingerprint density at radius 1 is 1.20 bits per heavy atom. The summed E-state index contributed by atoms with van der Waals surface area (Å²) in [5, 5.41) is 5.91. The van der Waals surface area contributed by atoms with Gasteiger partial charge in [-0.3, -0.25) is 14.4 Å². The number of Topliss-reactive ketones (excluding diaryl/α,β-unsaturated/α-hetero) is 1. The zero-order valence-electron chi connectivity index (χ0n) is 12.2. The normalized spacial score (nSPS) is 11.0. The largest absolute Gasteiger partial charge is 0.471 e. The molecule has 11 heteroatoms. The maximum absolute atomic E-state index is 12.4. The summed E-state index contributed by atoms with van der Waals surface area (Å²) in [5.74, 6) is -3.75. The molecule has 0 unspecified atom stereocenters. The number of nitrogens with zero attached hydrogens (tertiary/aromatic N) is 1. The van der Waals surface area contributed by atoms with Crippen LogP contribution in [0.1, 0.15) is 16.8 Å². The molecule has 0 atom stereocenters. The second-order valence-electron chi connectivity index (χ2n) is 4.63. The molecule has 1 aromatic heterocycles. The zero-order valence-corrected chi connectivity index (χ0v) is 13.8. The monoisotopic (exact) mass is 391 g/mol. The highest BCUT2D eigenvalue weighted by atomic mass is 35.5. The van der Waals surface area contributed by atoms with Crippen molar-refractivity contribution in [2.24, 2.45) is 0 Å². The molecule has 2 aromatic rings. The van der Waals surface area contributed by atoms with Gasteiger partial charge < -0.3 is 10.6 Å². The summed E-state index contributed by atoms with van der Waals surface area (Å²) in [6, 6.07) is 3.34. The van der Waals surface area contributed by atoms with Gasteiger partial charge in [0.1, 0.15) is 0 Å². The number of carbonyl (C=O) groups excluding carboxylic acids is 3. The number of halogens is 4. The number of rotatable bonds is 5. The lowest BCUT2D eigenvalue weighted by atomic mass is 10.1. The maximum atomic E-state index is 12.4. The summed E-state index contributed by atoms with van der Waals surface area (Å²) in [4.78, 5) is 38.9. The van der Waals surface area contributed by atoms with Crippen LogP contribution in [-0.2, 0) is 9.59 Å². The Morgan fingerprint density at radius 3 is 2.52 bits per heavy atom. The number of benzene rings is 1. The van der Waals surface area contributed by atoms with E-state index in [1.165, 1.54) is 12.3 Å². The summed E-state index contributed by atoms with van der Waals surface area (Å²) in [5.41, 5.74) is -0.696. The number of amides is 2. The maximum Gasteiger partial charge on any atom is 0.471 e. The summed E-state index contributed by atoms with van der Waals surface area (Å²) >= 11 is 6.88. The van der Waals surface area contributed by atoms with E-state index in [0.717, 1.165) is 23.5 Å². The van der Waals surface area contributed by atoms with Crippen LogP contribution in [0.3, 0.4) is 0 Å². The molecule has 2 rings (SSSR count). The predicted octanol–water partition coefficient (Wildman–Crippen LogP) is 3.51. The van der Waals surface area contributed by atoms with E-state index in [0.29, 0.717) is 0 Å². The van der Waals surface area contributed by atoms with E-state index in [1.54, 1.807) is 10.7 Å². The first-order valence-electron chi connectivity index (χ1n) is 6.57. The highest BCUT2D eigenvalue weighted by Gasteiger charge is 2.39. The molecule has 0 radical (unpaired) electrons. The fourth-order valence-electron chi connectivity index (χ4n) is 1.74. The third kappa shape index (κ3) is 5.26. The number of carbonyl (C=O) groups is 3. The molecule has 1 aromatic carbocycles. The standard InChI is InChI=1S/C14H9ClF3N3O3S/c15-7-1-2-9(20-12(24)14(16,17)18)8(5-7)10(22)6-11(23)21-13-19-3-4-25-13/h1-5H,6H2,(H,20,24)(H,19,21,23). The Bertz CT molecular complexity index is 809. The molecule has 6 nitrogen and oxygen atoms in total. The van der Waals surface area contributed by atoms with Gasteiger partial charge in [-0.2, -0.15) is 13.2 Å². The molecule has 0 spiro atoms. The van der Waals surface area contributed by atoms with Gasteiger partial charge >= 0.3 is 12.1 Å². The SMILES string of the molecule is O=C(CC(=O)c1cc(Cl)ccc1NC(=O)C(F)(F)F)Nc1nccs1. The zero-order chi connectivity index (χ0) is 18.6. The molecule has 0 saturated heterocycles. The van der Waals surface area contributed by atoms with Gasteiger partial charge in [0, 0.05) is 22.2 Å². The summed E-state index contributed by atoms with van der Waals surface area (Å²) in [7, 11) is 0. The fourth-order valence-corrected chi connectivity index (χ4v) is 2.46. The van der Waals surface area contributed by atoms with Crippen molar-refractivity contribution in [2.75, 3.05) is 10.6 Å². The molecule has 25 heavy (non-hydrogen) atoms. The molecular weight excluding hydrogens is 383 g/mol. The molecule has 0 saturated carbocycles. The minimum atomic E-state index is -5.12. The third-order valence-corrected chi connectivity index (χ3v) is 3.71. The molecule has 0 fully saturated rings. The van der Waals surface area contributed by atoms with Crippen molar-refractivity contribution in [1.82, 2.24) is 4.98 Å². The molecular formula is C14H9ClF3N3O3S. The number of aromatic nitrogens is 1. The van der Waals surface area contributed by atoms with Gasteiger partial charge in [0.15, 0.2) is 10.9 Å². The Morgan fingerprint density at radius 2 is 1.92 bits per heavy atom. The molecule has 0 aliphatic carbocycles. The lowest BCUT2D eigenvalue weighted by Gasteiger charge is -2.12. The Kier molecular flexibility index (Phi) is 5.75. The third-order valence-electron chi connectivity index (χ3n) is 2.79. The van der Waals surface area contributed by atoms with Gasteiger partial charge in [-0.05, 0) is 18.2 Å². The van der Waals surface area contributed by atoms with Crippen LogP contribution < -0.4 is 10.6 Å². The quantitative estimate of drug-likeness (QED) is 0.603. The van der Waals surface area contributed by atoms with E-state index in [2.05, 4.69) is 10.3 Å². The van der Waals surface area contributed by atoms with Crippen molar-refractivity contribution < 1.29 is 27.6 Å². The highest BCUT2D eigenvalue weighted by Crippen LogP contribution is 2.25. The molecule has 132 valence electrons. The first-order chi connectivity index (χ1) is 11.7. The topological polar surface area (TPSA) is 88.2 Å². The van der Waals surface area contributed by atoms with Gasteiger partial charge in [-0.15, -0.1) is 11.3 Å². The van der Waals surface area contributed by atoms with E-state index in [-0.39, 0.29) is 15.7 Å². The summed E-state index contributed by atoms with van der Waals surface area (Å²) < 4.78 is 37.1. The van der Waals surface area contributed by atoms with Crippen LogP contribution in [0, 0.1) is 0 Å². The average molecular weight is 392 g/mol. The van der Waals surface area contributed by atoms with Crippen molar-refractivity contribution in [3.05, 3.63) is 40.4 Å². The van der Waals surface area contributed by atoms with Crippen LogP contribution in [0.15, 0.2) is 29.8 Å². The van der Waals surface area contributed by atoms with Gasteiger partial charge in [-0.25, -0.2) is 4.98 Å². The molecule has 0 aliphatic heterocycles. The van der Waals surface area contributed by atoms with Crippen molar-refractivity contribution in [1.29, 1.82) is 0 Å². The fraction of sp³-hybridized carbons (Fsp3) is 0.143. The number of ketones is 1. The first-order valence-corrected chi connectivity index (χ1v) is 7.83. The van der Waals surface area contributed by atoms with Crippen LogP contribution in [-0.4, -0.2) is 28.8 Å². The van der Waals surface area contributed by atoms with Crippen LogP contribution in [0.25, 0.3) is 0 Å². The molecule has 1 heterocycles. The highest BCUT2D eigenvalue weighted by molar-refractivity contribution is 7.13. The van der Waals surface area contributed by atoms with E-state index in [1.807, 2.05) is 0 Å². The van der Waals surface area contributed by atoms with E-state index < -0.39 is 35.9 Å². The summed E-state index contributed by atoms with van der Waals surface area (Å²) in [6.45, 7) is 0.